The van der Waals surface area contributed by atoms with E-state index in [0.717, 1.165) is 0 Å². The third-order valence-corrected chi connectivity index (χ3v) is 12.3. The van der Waals surface area contributed by atoms with E-state index in [9.17, 15) is 29.6 Å². The molecule has 2 rings (SSSR count). The van der Waals surface area contributed by atoms with Gasteiger partial charge in [0.15, 0.2) is 13.3 Å². The van der Waals surface area contributed by atoms with Crippen molar-refractivity contribution in [3.8, 4) is 0 Å². The van der Waals surface area contributed by atoms with Gasteiger partial charge in [-0.15, -0.1) is 0 Å². The zero-order valence-corrected chi connectivity index (χ0v) is 21.9. The number of hydrogen-bond donors (Lipinski definition) is 2. The summed E-state index contributed by atoms with van der Waals surface area (Å²) in [5.74, 6) is -2.01. The van der Waals surface area contributed by atoms with E-state index in [0.29, 0.717) is 5.56 Å². The molecule has 0 aromatic heterocycles. The molecule has 0 spiro atoms. The van der Waals surface area contributed by atoms with Gasteiger partial charge >= 0.3 is 11.6 Å². The Morgan fingerprint density at radius 2 is 1.94 bits per heavy atom. The van der Waals surface area contributed by atoms with Crippen molar-refractivity contribution in [3.63, 3.8) is 0 Å². The lowest BCUT2D eigenvalue weighted by atomic mass is 9.96. The number of aliphatic hydroxyl groups excluding tert-OH is 1. The molecular formula is C21H31N4O7SSi+. The van der Waals surface area contributed by atoms with E-state index in [1.54, 1.807) is 6.92 Å². The molecule has 0 saturated carbocycles. The number of amides is 1. The van der Waals surface area contributed by atoms with Gasteiger partial charge in [0.1, 0.15) is 17.7 Å². The number of carbonyl (C=O) groups is 1. The first-order valence-corrected chi connectivity index (χ1v) is 15.0. The lowest BCUT2D eigenvalue weighted by molar-refractivity contribution is -0.384. The largest absolute Gasteiger partial charge is 0.475 e. The number of aliphatic hydroxyl groups is 1. The number of nitro groups is 1. The van der Waals surface area contributed by atoms with Crippen molar-refractivity contribution in [2.75, 3.05) is 5.75 Å². The second kappa shape index (κ2) is 10.6. The van der Waals surface area contributed by atoms with Crippen LogP contribution in [0.4, 0.5) is 5.69 Å². The second-order valence-corrected chi connectivity index (χ2v) is 15.9. The minimum Gasteiger partial charge on any atom is -0.475 e. The summed E-state index contributed by atoms with van der Waals surface area (Å²) in [5.41, 5.74) is 0.0883. The highest BCUT2D eigenvalue weighted by Gasteiger charge is 2.50. The van der Waals surface area contributed by atoms with Crippen LogP contribution >= 0.6 is 0 Å². The zero-order valence-electron chi connectivity index (χ0n) is 20.1. The first-order chi connectivity index (χ1) is 15.7. The van der Waals surface area contributed by atoms with Crippen LogP contribution in [0.2, 0.25) is 18.1 Å². The molecule has 13 heteroatoms. The molecule has 1 fully saturated rings. The third-order valence-electron chi connectivity index (χ3n) is 6.16. The number of ether oxygens (including phenoxy) is 1. The molecule has 34 heavy (non-hydrogen) atoms. The molecular weight excluding hydrogens is 480 g/mol. The van der Waals surface area contributed by atoms with Crippen molar-refractivity contribution < 1.29 is 28.2 Å². The lowest BCUT2D eigenvalue weighted by Crippen LogP contribution is -2.65. The van der Waals surface area contributed by atoms with Gasteiger partial charge in [-0.1, -0.05) is 20.8 Å². The maximum atomic E-state index is 12.9. The van der Waals surface area contributed by atoms with Crippen LogP contribution in [0.25, 0.3) is 4.98 Å². The van der Waals surface area contributed by atoms with Gasteiger partial charge in [-0.3, -0.25) is 19.1 Å². The quantitative estimate of drug-likeness (QED) is 0.119. The van der Waals surface area contributed by atoms with Gasteiger partial charge in [0.05, 0.1) is 27.7 Å². The van der Waals surface area contributed by atoms with Crippen LogP contribution < -0.4 is 5.32 Å². The van der Waals surface area contributed by atoms with E-state index < -0.39 is 47.4 Å². The van der Waals surface area contributed by atoms with Gasteiger partial charge in [-0.25, -0.2) is 0 Å². The van der Waals surface area contributed by atoms with Crippen LogP contribution in [0, 0.1) is 21.4 Å². The van der Waals surface area contributed by atoms with Gasteiger partial charge in [0, 0.05) is 12.1 Å². The first-order valence-electron chi connectivity index (χ1n) is 10.7. The number of β-lactam (4-membered cyclic amide) rings is 1. The Morgan fingerprint density at radius 3 is 2.41 bits per heavy atom. The number of nitrogens with one attached hydrogen (secondary N) is 1. The highest BCUT2D eigenvalue weighted by atomic mass is 32.2. The molecule has 1 saturated heterocycles. The molecule has 1 aromatic rings. The first kappa shape index (κ1) is 27.4. The van der Waals surface area contributed by atoms with Crippen molar-refractivity contribution in [1.82, 2.24) is 5.32 Å². The molecule has 1 unspecified atom stereocenters. The van der Waals surface area contributed by atoms with Crippen LogP contribution in [-0.2, 0) is 31.4 Å². The van der Waals surface area contributed by atoms with E-state index in [1.807, 2.05) is 0 Å². The number of nitro benzene ring substituents is 1. The number of benzene rings is 1. The van der Waals surface area contributed by atoms with E-state index >= 15 is 0 Å². The van der Waals surface area contributed by atoms with Crippen molar-refractivity contribution in [1.29, 1.82) is 5.39 Å². The van der Waals surface area contributed by atoms with Crippen LogP contribution in [-0.4, -0.2) is 45.7 Å². The van der Waals surface area contributed by atoms with E-state index in [2.05, 4.69) is 44.2 Å². The summed E-state index contributed by atoms with van der Waals surface area (Å²) in [7, 11) is -3.89. The fraction of sp³-hybridized carbons (Fsp3) is 0.571. The van der Waals surface area contributed by atoms with Gasteiger partial charge in [-0.05, 0) is 42.8 Å². The fourth-order valence-electron chi connectivity index (χ4n) is 3.08. The average Bonchev–Trinajstić information content (AvgIpc) is 2.72. The Bertz CT molecular complexity index is 1030. The molecule has 0 aliphatic carbocycles. The van der Waals surface area contributed by atoms with Gasteiger partial charge < -0.3 is 19.6 Å². The predicted octanol–water partition coefficient (Wildman–Crippen LogP) is 3.92. The summed E-state index contributed by atoms with van der Waals surface area (Å²) in [4.78, 5) is 25.4. The standard InChI is InChI=1S/C21H30N4O7SSi/c1-13(32-34(5,6)21(2,3)4)17-18(26)23-19(17)33(30)12-16(24-22)20(27)31-11-14-7-9-15(10-8-14)25(28)29/h7-10,13,17,19H,11-12H2,1-6H3,(H-,23,26,27)/p+1/b20-16+/t13-,17+,19-,33?/m1/s1. The van der Waals surface area contributed by atoms with Crippen LogP contribution in [0.3, 0.4) is 0 Å². The molecule has 1 aliphatic rings. The van der Waals surface area contributed by atoms with Crippen molar-refractivity contribution in [2.45, 2.75) is 63.9 Å². The Hall–Kier alpha value is -2.82. The van der Waals surface area contributed by atoms with Gasteiger partial charge in [0.2, 0.25) is 11.3 Å². The second-order valence-electron chi connectivity index (χ2n) is 9.63. The molecule has 1 amide bonds. The SMILES string of the molecule is C[C@@H](O[Si](C)(C)C(C)(C)C)[C@H]1C(=O)N[C@@H]1S(=O)C/C([N+]#N)=C(/O)OCc1ccc([N+](=O)[O-])cc1. The fourth-order valence-corrected chi connectivity index (χ4v) is 6.06. The van der Waals surface area contributed by atoms with Crippen molar-refractivity contribution >= 4 is 30.7 Å². The van der Waals surface area contributed by atoms with Crippen LogP contribution in [0.1, 0.15) is 33.3 Å². The molecule has 1 aliphatic heterocycles. The molecule has 2 N–H and O–H groups in total. The Labute approximate surface area is 201 Å². The molecule has 1 heterocycles. The van der Waals surface area contributed by atoms with Gasteiger partial charge in [-0.2, -0.15) is 0 Å². The number of diazo groups is 1. The predicted molar refractivity (Wildman–Crippen MR) is 129 cm³/mol. The van der Waals surface area contributed by atoms with Crippen LogP contribution in [0.15, 0.2) is 35.9 Å². The molecule has 0 radical (unpaired) electrons. The van der Waals surface area contributed by atoms with E-state index in [4.69, 9.17) is 9.16 Å². The van der Waals surface area contributed by atoms with Crippen LogP contribution in [0.5, 0.6) is 0 Å². The third kappa shape index (κ3) is 6.40. The summed E-state index contributed by atoms with van der Waals surface area (Å²) >= 11 is 0. The minimum absolute atomic E-state index is 0.0609. The lowest BCUT2D eigenvalue weighted by Gasteiger charge is -2.44. The topological polar surface area (TPSA) is 156 Å². The molecule has 11 nitrogen and oxygen atoms in total. The maximum Gasteiger partial charge on any atom is 0.452 e. The number of rotatable bonds is 10. The Morgan fingerprint density at radius 1 is 1.35 bits per heavy atom. The minimum atomic E-state index is -2.16. The average molecular weight is 512 g/mol. The zero-order chi connectivity index (χ0) is 25.8. The van der Waals surface area contributed by atoms with Gasteiger partial charge in [0.25, 0.3) is 5.69 Å². The Kier molecular flexibility index (Phi) is 8.57. The molecule has 186 valence electrons. The summed E-state index contributed by atoms with van der Waals surface area (Å²) in [6.07, 6.45) is -0.464. The normalized spacial score (nSPS) is 20.8. The van der Waals surface area contributed by atoms with E-state index in [1.165, 1.54) is 24.3 Å². The number of non-ortho nitro benzene ring substituents is 1. The molecule has 1 aromatic carbocycles. The highest BCUT2D eigenvalue weighted by molar-refractivity contribution is 7.86. The van der Waals surface area contributed by atoms with E-state index in [-0.39, 0.29) is 34.7 Å². The summed E-state index contributed by atoms with van der Waals surface area (Å²) in [6.45, 7) is 12.0. The molecule has 0 bridgehead atoms. The summed E-state index contributed by atoms with van der Waals surface area (Å²) < 4.78 is 24.4. The highest BCUT2D eigenvalue weighted by Crippen LogP contribution is 2.39. The number of carbonyl (C=O) groups excluding carboxylic acids is 1. The number of nitrogens with zero attached hydrogens (tertiary/aromatic N) is 3. The smallest absolute Gasteiger partial charge is 0.452 e. The molecule has 4 atom stereocenters. The number of hydrogen-bond acceptors (Lipinski definition) is 8. The summed E-state index contributed by atoms with van der Waals surface area (Å²) in [5, 5.41) is 32.0. The Balaban J connectivity index is 2.03. The van der Waals surface area contributed by atoms with Crippen molar-refractivity contribution in [3.05, 3.63) is 56.6 Å². The summed E-state index contributed by atoms with van der Waals surface area (Å²) in [6, 6.07) is 5.49. The monoisotopic (exact) mass is 511 g/mol. The maximum absolute atomic E-state index is 12.9. The van der Waals surface area contributed by atoms with Crippen molar-refractivity contribution in [2.24, 2.45) is 5.92 Å².